The molecular formula is C15H14N2O4. The smallest absolute Gasteiger partial charge is 0.255 e. The molecule has 0 aromatic heterocycles. The van der Waals surface area contributed by atoms with Crippen molar-refractivity contribution in [2.45, 2.75) is 6.92 Å². The molecule has 0 heterocycles. The van der Waals surface area contributed by atoms with Crippen LogP contribution in [0.3, 0.4) is 0 Å². The van der Waals surface area contributed by atoms with E-state index in [0.29, 0.717) is 11.4 Å². The van der Waals surface area contributed by atoms with E-state index in [1.165, 1.54) is 25.1 Å². The summed E-state index contributed by atoms with van der Waals surface area (Å²) in [4.78, 5) is 23.0. The summed E-state index contributed by atoms with van der Waals surface area (Å²) in [6.45, 7) is 1.39. The Kier molecular flexibility index (Phi) is 4.08. The van der Waals surface area contributed by atoms with Gasteiger partial charge < -0.3 is 20.8 Å². The third kappa shape index (κ3) is 3.73. The number of anilines is 2. The summed E-state index contributed by atoms with van der Waals surface area (Å²) in [7, 11) is 0. The second-order valence-electron chi connectivity index (χ2n) is 4.42. The minimum Gasteiger partial charge on any atom is -0.504 e. The monoisotopic (exact) mass is 286 g/mol. The van der Waals surface area contributed by atoms with Crippen molar-refractivity contribution in [1.29, 1.82) is 0 Å². The Balaban J connectivity index is 2.15. The van der Waals surface area contributed by atoms with E-state index in [0.717, 1.165) is 0 Å². The van der Waals surface area contributed by atoms with Gasteiger partial charge in [-0.1, -0.05) is 6.07 Å². The summed E-state index contributed by atoms with van der Waals surface area (Å²) in [6.07, 6.45) is 0. The van der Waals surface area contributed by atoms with Crippen molar-refractivity contribution in [3.05, 3.63) is 48.0 Å². The van der Waals surface area contributed by atoms with Crippen LogP contribution in [0, 0.1) is 0 Å². The number of phenolic OH excluding ortho intramolecular Hbond substituents is 2. The van der Waals surface area contributed by atoms with Gasteiger partial charge in [0, 0.05) is 23.9 Å². The molecular weight excluding hydrogens is 272 g/mol. The van der Waals surface area contributed by atoms with Crippen molar-refractivity contribution in [1.82, 2.24) is 0 Å². The zero-order valence-corrected chi connectivity index (χ0v) is 11.3. The van der Waals surface area contributed by atoms with E-state index in [1.807, 2.05) is 0 Å². The Morgan fingerprint density at radius 3 is 2.19 bits per heavy atom. The van der Waals surface area contributed by atoms with Crippen molar-refractivity contribution in [2.75, 3.05) is 10.6 Å². The van der Waals surface area contributed by atoms with Gasteiger partial charge in [0.15, 0.2) is 11.5 Å². The Hall–Kier alpha value is -3.02. The van der Waals surface area contributed by atoms with Gasteiger partial charge in [-0.2, -0.15) is 0 Å². The van der Waals surface area contributed by atoms with Crippen LogP contribution < -0.4 is 10.6 Å². The topological polar surface area (TPSA) is 98.7 Å². The number of hydrogen-bond acceptors (Lipinski definition) is 4. The molecule has 6 nitrogen and oxygen atoms in total. The highest BCUT2D eigenvalue weighted by atomic mass is 16.3. The molecule has 0 atom stereocenters. The van der Waals surface area contributed by atoms with Gasteiger partial charge in [-0.25, -0.2) is 0 Å². The van der Waals surface area contributed by atoms with E-state index in [-0.39, 0.29) is 23.0 Å². The largest absolute Gasteiger partial charge is 0.504 e. The zero-order valence-electron chi connectivity index (χ0n) is 11.3. The van der Waals surface area contributed by atoms with E-state index in [9.17, 15) is 19.8 Å². The van der Waals surface area contributed by atoms with Crippen LogP contribution >= 0.6 is 0 Å². The number of carbonyl (C=O) groups is 2. The summed E-state index contributed by atoms with van der Waals surface area (Å²) in [5.74, 6) is -1.30. The molecule has 0 fully saturated rings. The van der Waals surface area contributed by atoms with Gasteiger partial charge in [0.2, 0.25) is 5.91 Å². The molecule has 2 amide bonds. The number of aromatic hydroxyl groups is 2. The van der Waals surface area contributed by atoms with Gasteiger partial charge >= 0.3 is 0 Å². The third-order valence-electron chi connectivity index (χ3n) is 2.68. The molecule has 0 spiro atoms. The Bertz CT molecular complexity index is 698. The fourth-order valence-corrected chi connectivity index (χ4v) is 1.75. The first kappa shape index (κ1) is 14.4. The number of phenols is 2. The van der Waals surface area contributed by atoms with Gasteiger partial charge in [0.05, 0.1) is 0 Å². The molecule has 21 heavy (non-hydrogen) atoms. The van der Waals surface area contributed by atoms with Gasteiger partial charge in [-0.05, 0) is 36.4 Å². The first-order chi connectivity index (χ1) is 9.95. The lowest BCUT2D eigenvalue weighted by molar-refractivity contribution is -0.114. The van der Waals surface area contributed by atoms with E-state index in [1.54, 1.807) is 24.3 Å². The number of nitrogens with one attached hydrogen (secondary N) is 2. The van der Waals surface area contributed by atoms with E-state index < -0.39 is 5.91 Å². The molecule has 108 valence electrons. The highest BCUT2D eigenvalue weighted by Crippen LogP contribution is 2.25. The van der Waals surface area contributed by atoms with Crippen LogP contribution in [0.5, 0.6) is 11.5 Å². The first-order valence-corrected chi connectivity index (χ1v) is 6.16. The number of carbonyl (C=O) groups excluding carboxylic acids is 2. The van der Waals surface area contributed by atoms with Crippen molar-refractivity contribution in [3.63, 3.8) is 0 Å². The van der Waals surface area contributed by atoms with Crippen LogP contribution in [-0.2, 0) is 4.79 Å². The molecule has 0 radical (unpaired) electrons. The highest BCUT2D eigenvalue weighted by Gasteiger charge is 2.09. The summed E-state index contributed by atoms with van der Waals surface area (Å²) in [5, 5.41) is 23.8. The normalized spacial score (nSPS) is 9.95. The molecule has 0 aliphatic heterocycles. The molecule has 2 rings (SSSR count). The maximum absolute atomic E-state index is 12.0. The summed E-state index contributed by atoms with van der Waals surface area (Å²) >= 11 is 0. The average molecular weight is 286 g/mol. The number of benzene rings is 2. The van der Waals surface area contributed by atoms with E-state index >= 15 is 0 Å². The van der Waals surface area contributed by atoms with Crippen LogP contribution in [0.1, 0.15) is 17.3 Å². The standard InChI is InChI=1S/C15H14N2O4/c1-9(18)16-11-3-2-4-12(8-11)17-15(21)10-5-6-13(19)14(20)7-10/h2-8,19-20H,1H3,(H,16,18)(H,17,21). The second kappa shape index (κ2) is 5.96. The molecule has 4 N–H and O–H groups in total. The van der Waals surface area contributed by atoms with Crippen LogP contribution in [-0.4, -0.2) is 22.0 Å². The second-order valence-corrected chi connectivity index (χ2v) is 4.42. The van der Waals surface area contributed by atoms with Crippen LogP contribution in [0.15, 0.2) is 42.5 Å². The van der Waals surface area contributed by atoms with Gasteiger partial charge in [-0.3, -0.25) is 9.59 Å². The summed E-state index contributed by atoms with van der Waals surface area (Å²) in [5.41, 5.74) is 1.27. The number of rotatable bonds is 3. The minimum absolute atomic E-state index is 0.204. The predicted octanol–water partition coefficient (Wildman–Crippen LogP) is 2.31. The quantitative estimate of drug-likeness (QED) is 0.651. The van der Waals surface area contributed by atoms with Gasteiger partial charge in [0.25, 0.3) is 5.91 Å². The average Bonchev–Trinajstić information content (AvgIpc) is 2.41. The van der Waals surface area contributed by atoms with Crippen molar-refractivity contribution >= 4 is 23.2 Å². The lowest BCUT2D eigenvalue weighted by Gasteiger charge is -2.08. The molecule has 2 aromatic carbocycles. The molecule has 0 aliphatic carbocycles. The Morgan fingerprint density at radius 2 is 1.57 bits per heavy atom. The van der Waals surface area contributed by atoms with Crippen LogP contribution in [0.4, 0.5) is 11.4 Å². The molecule has 6 heteroatoms. The minimum atomic E-state index is -0.440. The first-order valence-electron chi connectivity index (χ1n) is 6.16. The molecule has 0 saturated heterocycles. The van der Waals surface area contributed by atoms with Crippen molar-refractivity contribution in [3.8, 4) is 11.5 Å². The maximum atomic E-state index is 12.0. The van der Waals surface area contributed by atoms with E-state index in [2.05, 4.69) is 10.6 Å². The van der Waals surface area contributed by atoms with Crippen LogP contribution in [0.2, 0.25) is 0 Å². The lowest BCUT2D eigenvalue weighted by Crippen LogP contribution is -2.12. The van der Waals surface area contributed by atoms with Crippen LogP contribution in [0.25, 0.3) is 0 Å². The number of amides is 2. The zero-order chi connectivity index (χ0) is 15.4. The lowest BCUT2D eigenvalue weighted by atomic mass is 10.2. The van der Waals surface area contributed by atoms with Gasteiger partial charge in [0.1, 0.15) is 0 Å². The fourth-order valence-electron chi connectivity index (χ4n) is 1.75. The van der Waals surface area contributed by atoms with Crippen molar-refractivity contribution in [2.24, 2.45) is 0 Å². The van der Waals surface area contributed by atoms with Gasteiger partial charge in [-0.15, -0.1) is 0 Å². The third-order valence-corrected chi connectivity index (χ3v) is 2.68. The highest BCUT2D eigenvalue weighted by molar-refractivity contribution is 6.05. The molecule has 2 aromatic rings. The van der Waals surface area contributed by atoms with E-state index in [4.69, 9.17) is 0 Å². The molecule has 0 unspecified atom stereocenters. The SMILES string of the molecule is CC(=O)Nc1cccc(NC(=O)c2ccc(O)c(O)c2)c1. The Labute approximate surface area is 121 Å². The summed E-state index contributed by atoms with van der Waals surface area (Å²) in [6, 6.07) is 10.5. The summed E-state index contributed by atoms with van der Waals surface area (Å²) < 4.78 is 0. The molecule has 0 saturated carbocycles. The number of hydrogen-bond donors (Lipinski definition) is 4. The molecule has 0 bridgehead atoms. The van der Waals surface area contributed by atoms with Crippen molar-refractivity contribution < 1.29 is 19.8 Å². The maximum Gasteiger partial charge on any atom is 0.255 e. The predicted molar refractivity (Wildman–Crippen MR) is 78.5 cm³/mol. The Morgan fingerprint density at radius 1 is 0.905 bits per heavy atom. The molecule has 0 aliphatic rings. The fraction of sp³-hybridized carbons (Fsp3) is 0.0667.